The fraction of sp³-hybridized carbons (Fsp3) is 0.316. The zero-order valence-corrected chi connectivity index (χ0v) is 15.0. The standard InChI is InChI=1S/C19H20N6O/c1-12(16-6-4-15(10-20)5-7-16)23-18(26)9-8-17-13(2)24-19-21-11-22-25(19)14(17)3/h4-7,11-12H,8-9H2,1-3H3,(H,23,26). The Kier molecular flexibility index (Phi) is 4.94. The summed E-state index contributed by atoms with van der Waals surface area (Å²) in [5, 5.41) is 16.0. The fourth-order valence-electron chi connectivity index (χ4n) is 3.00. The second-order valence-corrected chi connectivity index (χ2v) is 6.26. The summed E-state index contributed by atoms with van der Waals surface area (Å²) in [6, 6.07) is 9.20. The van der Waals surface area contributed by atoms with Crippen LogP contribution < -0.4 is 5.32 Å². The van der Waals surface area contributed by atoms with Gasteiger partial charge < -0.3 is 5.32 Å². The fourth-order valence-corrected chi connectivity index (χ4v) is 3.00. The predicted molar refractivity (Wildman–Crippen MR) is 96.3 cm³/mol. The maximum absolute atomic E-state index is 12.3. The van der Waals surface area contributed by atoms with E-state index in [0.29, 0.717) is 24.2 Å². The molecular formula is C19H20N6O. The zero-order valence-electron chi connectivity index (χ0n) is 15.0. The van der Waals surface area contributed by atoms with Crippen LogP contribution in [0.25, 0.3) is 5.78 Å². The molecule has 1 N–H and O–H groups in total. The molecule has 2 aromatic heterocycles. The molecular weight excluding hydrogens is 328 g/mol. The molecule has 2 heterocycles. The molecule has 132 valence electrons. The maximum atomic E-state index is 12.3. The van der Waals surface area contributed by atoms with Gasteiger partial charge in [-0.3, -0.25) is 4.79 Å². The first-order chi connectivity index (χ1) is 12.5. The van der Waals surface area contributed by atoms with Crippen molar-refractivity contribution in [1.29, 1.82) is 5.26 Å². The first-order valence-corrected chi connectivity index (χ1v) is 8.45. The van der Waals surface area contributed by atoms with Crippen molar-refractivity contribution in [1.82, 2.24) is 24.9 Å². The Labute approximate surface area is 151 Å². The van der Waals surface area contributed by atoms with Crippen molar-refractivity contribution in [2.24, 2.45) is 0 Å². The van der Waals surface area contributed by atoms with Gasteiger partial charge in [-0.1, -0.05) is 12.1 Å². The number of benzene rings is 1. The molecule has 0 saturated carbocycles. The summed E-state index contributed by atoms with van der Waals surface area (Å²) in [4.78, 5) is 20.9. The number of aromatic nitrogens is 4. The van der Waals surface area contributed by atoms with Crippen LogP contribution in [0.1, 0.15) is 47.5 Å². The molecule has 7 heteroatoms. The highest BCUT2D eigenvalue weighted by Gasteiger charge is 2.14. The molecule has 26 heavy (non-hydrogen) atoms. The van der Waals surface area contributed by atoms with Gasteiger partial charge in [-0.25, -0.2) is 9.50 Å². The predicted octanol–water partition coefficient (Wildman–Crippen LogP) is 2.42. The number of nitrogens with one attached hydrogen (secondary N) is 1. The number of aryl methyl sites for hydroxylation is 2. The number of carbonyl (C=O) groups is 1. The third-order valence-corrected chi connectivity index (χ3v) is 4.51. The molecule has 0 radical (unpaired) electrons. The number of hydrogen-bond acceptors (Lipinski definition) is 5. The summed E-state index contributed by atoms with van der Waals surface area (Å²) < 4.78 is 1.69. The van der Waals surface area contributed by atoms with Crippen molar-refractivity contribution in [3.8, 4) is 6.07 Å². The van der Waals surface area contributed by atoms with Gasteiger partial charge in [0, 0.05) is 17.8 Å². The van der Waals surface area contributed by atoms with Crippen LogP contribution in [-0.4, -0.2) is 25.5 Å². The van der Waals surface area contributed by atoms with E-state index in [4.69, 9.17) is 5.26 Å². The average Bonchev–Trinajstić information content (AvgIpc) is 3.10. The number of amides is 1. The summed E-state index contributed by atoms with van der Waals surface area (Å²) in [5.74, 6) is 0.544. The summed E-state index contributed by atoms with van der Waals surface area (Å²) in [6.45, 7) is 5.82. The maximum Gasteiger partial charge on any atom is 0.252 e. The van der Waals surface area contributed by atoms with E-state index < -0.39 is 0 Å². The molecule has 1 unspecified atom stereocenters. The molecule has 0 fully saturated rings. The van der Waals surface area contributed by atoms with Crippen molar-refractivity contribution in [2.45, 2.75) is 39.7 Å². The topological polar surface area (TPSA) is 96.0 Å². The molecule has 1 amide bonds. The normalized spacial score (nSPS) is 11.9. The highest BCUT2D eigenvalue weighted by atomic mass is 16.1. The van der Waals surface area contributed by atoms with Crippen LogP contribution in [0.5, 0.6) is 0 Å². The van der Waals surface area contributed by atoms with Crippen molar-refractivity contribution in [2.75, 3.05) is 0 Å². The van der Waals surface area contributed by atoms with Gasteiger partial charge in [0.15, 0.2) is 0 Å². The number of nitrogens with zero attached hydrogens (tertiary/aromatic N) is 5. The van der Waals surface area contributed by atoms with Crippen LogP contribution >= 0.6 is 0 Å². The van der Waals surface area contributed by atoms with Gasteiger partial charge in [0.25, 0.3) is 5.78 Å². The molecule has 3 rings (SSSR count). The molecule has 0 aliphatic rings. The first kappa shape index (κ1) is 17.5. The lowest BCUT2D eigenvalue weighted by Crippen LogP contribution is -2.27. The average molecular weight is 348 g/mol. The van der Waals surface area contributed by atoms with E-state index in [0.717, 1.165) is 22.5 Å². The van der Waals surface area contributed by atoms with E-state index in [1.807, 2.05) is 32.9 Å². The van der Waals surface area contributed by atoms with Crippen molar-refractivity contribution < 1.29 is 4.79 Å². The van der Waals surface area contributed by atoms with Gasteiger partial charge >= 0.3 is 0 Å². The second kappa shape index (κ2) is 7.31. The lowest BCUT2D eigenvalue weighted by atomic mass is 10.0. The Morgan fingerprint density at radius 3 is 2.73 bits per heavy atom. The minimum atomic E-state index is -0.117. The monoisotopic (exact) mass is 348 g/mol. The van der Waals surface area contributed by atoms with Gasteiger partial charge in [0.1, 0.15) is 6.33 Å². The molecule has 0 spiro atoms. The lowest BCUT2D eigenvalue weighted by molar-refractivity contribution is -0.121. The van der Waals surface area contributed by atoms with Gasteiger partial charge in [-0.2, -0.15) is 15.3 Å². The van der Waals surface area contributed by atoms with Gasteiger partial charge in [0.2, 0.25) is 5.91 Å². The number of nitriles is 1. The van der Waals surface area contributed by atoms with E-state index in [2.05, 4.69) is 26.5 Å². The zero-order chi connectivity index (χ0) is 18.7. The van der Waals surface area contributed by atoms with Crippen LogP contribution in [-0.2, 0) is 11.2 Å². The minimum absolute atomic E-state index is 0.0284. The van der Waals surface area contributed by atoms with E-state index >= 15 is 0 Å². The highest BCUT2D eigenvalue weighted by Crippen LogP contribution is 2.16. The van der Waals surface area contributed by atoms with Crippen LogP contribution in [0, 0.1) is 25.2 Å². The number of hydrogen-bond donors (Lipinski definition) is 1. The number of fused-ring (bicyclic) bond motifs is 1. The molecule has 0 bridgehead atoms. The molecule has 1 aromatic carbocycles. The van der Waals surface area contributed by atoms with Crippen LogP contribution in [0.4, 0.5) is 0 Å². The number of rotatable bonds is 5. The minimum Gasteiger partial charge on any atom is -0.350 e. The first-order valence-electron chi connectivity index (χ1n) is 8.45. The summed E-state index contributed by atoms with van der Waals surface area (Å²) in [7, 11) is 0. The quantitative estimate of drug-likeness (QED) is 0.764. The van der Waals surface area contributed by atoms with Crippen LogP contribution in [0.2, 0.25) is 0 Å². The molecule has 0 aliphatic carbocycles. The van der Waals surface area contributed by atoms with Gasteiger partial charge in [0.05, 0.1) is 17.7 Å². The lowest BCUT2D eigenvalue weighted by Gasteiger charge is -2.15. The summed E-state index contributed by atoms with van der Waals surface area (Å²) in [6.07, 6.45) is 2.43. The number of carbonyl (C=O) groups excluding carboxylic acids is 1. The van der Waals surface area contributed by atoms with Crippen molar-refractivity contribution in [3.05, 3.63) is 58.7 Å². The van der Waals surface area contributed by atoms with Crippen LogP contribution in [0.15, 0.2) is 30.6 Å². The van der Waals surface area contributed by atoms with Crippen molar-refractivity contribution in [3.63, 3.8) is 0 Å². The van der Waals surface area contributed by atoms with Crippen LogP contribution in [0.3, 0.4) is 0 Å². The third-order valence-electron chi connectivity index (χ3n) is 4.51. The summed E-state index contributed by atoms with van der Waals surface area (Å²) in [5.41, 5.74) is 4.42. The van der Waals surface area contributed by atoms with E-state index in [-0.39, 0.29) is 11.9 Å². The molecule has 0 saturated heterocycles. The van der Waals surface area contributed by atoms with Gasteiger partial charge in [-0.05, 0) is 50.5 Å². The Morgan fingerprint density at radius 2 is 2.04 bits per heavy atom. The Hall–Kier alpha value is -3.27. The van der Waals surface area contributed by atoms with E-state index in [9.17, 15) is 4.79 Å². The third kappa shape index (κ3) is 3.54. The van der Waals surface area contributed by atoms with Crippen molar-refractivity contribution >= 4 is 11.7 Å². The molecule has 3 aromatic rings. The van der Waals surface area contributed by atoms with Gasteiger partial charge in [-0.15, -0.1) is 0 Å². The SMILES string of the molecule is Cc1nc2ncnn2c(C)c1CCC(=O)NC(C)c1ccc(C#N)cc1. The highest BCUT2D eigenvalue weighted by molar-refractivity contribution is 5.76. The molecule has 0 aliphatic heterocycles. The second-order valence-electron chi connectivity index (χ2n) is 6.26. The molecule has 7 nitrogen and oxygen atoms in total. The largest absolute Gasteiger partial charge is 0.350 e. The summed E-state index contributed by atoms with van der Waals surface area (Å²) >= 11 is 0. The Bertz CT molecular complexity index is 984. The van der Waals surface area contributed by atoms with E-state index in [1.165, 1.54) is 6.33 Å². The van der Waals surface area contributed by atoms with E-state index in [1.54, 1.807) is 16.6 Å². The Morgan fingerprint density at radius 1 is 1.31 bits per heavy atom. The smallest absolute Gasteiger partial charge is 0.252 e. The Balaban J connectivity index is 1.64. The molecule has 1 atom stereocenters.